The zero-order valence-electron chi connectivity index (χ0n) is 16.9. The van der Waals surface area contributed by atoms with Crippen LogP contribution in [0.4, 0.5) is 0 Å². The summed E-state index contributed by atoms with van der Waals surface area (Å²) in [5.74, 6) is 1.52. The van der Waals surface area contributed by atoms with Crippen molar-refractivity contribution in [2.75, 3.05) is 0 Å². The Morgan fingerprint density at radius 2 is 1.21 bits per heavy atom. The summed E-state index contributed by atoms with van der Waals surface area (Å²) in [6, 6.07) is 0. The van der Waals surface area contributed by atoms with Gasteiger partial charge >= 0.3 is 0 Å². The first-order chi connectivity index (χ1) is 11.8. The number of rotatable bonds is 16. The predicted molar refractivity (Wildman–Crippen MR) is 105 cm³/mol. The van der Waals surface area contributed by atoms with Gasteiger partial charge in [-0.05, 0) is 19.3 Å². The van der Waals surface area contributed by atoms with Gasteiger partial charge in [0, 0.05) is 6.42 Å². The Balaban J connectivity index is 2.08. The van der Waals surface area contributed by atoms with E-state index in [1.165, 1.54) is 109 Å². The molecule has 2 nitrogen and oxygen atoms in total. The molecule has 0 aliphatic heterocycles. The number of hydrogen-bond acceptors (Lipinski definition) is 0. The minimum absolute atomic E-state index is 1.20. The number of unbranched alkanes of at least 4 members (excludes halogenated alkanes) is 12. The van der Waals surface area contributed by atoms with Gasteiger partial charge in [-0.3, -0.25) is 0 Å². The lowest BCUT2D eigenvalue weighted by atomic mass is 10.1. The molecule has 0 fully saturated rings. The van der Waals surface area contributed by atoms with E-state index in [1.807, 2.05) is 0 Å². The van der Waals surface area contributed by atoms with Gasteiger partial charge in [-0.15, -0.1) is 0 Å². The number of nitrogens with zero attached hydrogens (tertiary/aromatic N) is 2. The molecule has 0 radical (unpaired) electrons. The highest BCUT2D eigenvalue weighted by molar-refractivity contribution is 4.84. The third-order valence-electron chi connectivity index (χ3n) is 5.22. The molecule has 0 spiro atoms. The molecule has 0 aliphatic rings. The second-order valence-corrected chi connectivity index (χ2v) is 7.51. The van der Waals surface area contributed by atoms with Crippen LogP contribution in [0.15, 0.2) is 12.4 Å². The maximum Gasteiger partial charge on any atom is 0.256 e. The second-order valence-electron chi connectivity index (χ2n) is 7.51. The number of imidazole rings is 1. The monoisotopic (exact) mass is 335 g/mol. The highest BCUT2D eigenvalue weighted by Gasteiger charge is 2.13. The highest BCUT2D eigenvalue weighted by atomic mass is 15.1. The third-order valence-corrected chi connectivity index (χ3v) is 5.22. The van der Waals surface area contributed by atoms with Crippen molar-refractivity contribution in [2.45, 2.75) is 117 Å². The van der Waals surface area contributed by atoms with Crippen LogP contribution in [0.2, 0.25) is 0 Å². The van der Waals surface area contributed by atoms with Gasteiger partial charge in [0.05, 0.1) is 13.6 Å². The molecule has 0 aromatic carbocycles. The summed E-state index contributed by atoms with van der Waals surface area (Å²) < 4.78 is 4.82. The van der Waals surface area contributed by atoms with Crippen molar-refractivity contribution >= 4 is 0 Å². The second kappa shape index (κ2) is 14.5. The van der Waals surface area contributed by atoms with Crippen LogP contribution in [-0.2, 0) is 20.0 Å². The first kappa shape index (κ1) is 21.3. The molecule has 0 atom stereocenters. The molecule has 0 saturated heterocycles. The summed E-state index contributed by atoms with van der Waals surface area (Å²) in [7, 11) is 2.20. The van der Waals surface area contributed by atoms with Gasteiger partial charge in [0.15, 0.2) is 0 Å². The number of aryl methyl sites for hydroxylation is 2. The minimum Gasteiger partial charge on any atom is -0.237 e. The average molecular weight is 336 g/mol. The van der Waals surface area contributed by atoms with Gasteiger partial charge in [0.25, 0.3) is 5.82 Å². The lowest BCUT2D eigenvalue weighted by Gasteiger charge is -2.04. The Kier molecular flexibility index (Phi) is 12.9. The van der Waals surface area contributed by atoms with E-state index in [4.69, 9.17) is 0 Å². The van der Waals surface area contributed by atoms with Crippen LogP contribution >= 0.6 is 0 Å². The van der Waals surface area contributed by atoms with Crippen molar-refractivity contribution in [1.29, 1.82) is 0 Å². The fourth-order valence-corrected chi connectivity index (χ4v) is 3.56. The Bertz CT molecular complexity index is 395. The summed E-state index contributed by atoms with van der Waals surface area (Å²) >= 11 is 0. The molecular formula is C22H43N2+. The normalized spacial score (nSPS) is 11.3. The number of aromatic nitrogens is 2. The maximum absolute atomic E-state index is 2.49. The van der Waals surface area contributed by atoms with E-state index in [0.29, 0.717) is 0 Å². The van der Waals surface area contributed by atoms with Crippen LogP contribution < -0.4 is 4.57 Å². The molecule has 1 rings (SSSR count). The third kappa shape index (κ3) is 9.49. The van der Waals surface area contributed by atoms with Crippen LogP contribution in [0.5, 0.6) is 0 Å². The maximum atomic E-state index is 2.49. The van der Waals surface area contributed by atoms with Crippen molar-refractivity contribution in [3.05, 3.63) is 18.2 Å². The topological polar surface area (TPSA) is 8.81 Å². The van der Waals surface area contributed by atoms with Crippen LogP contribution in [0.3, 0.4) is 0 Å². The molecule has 24 heavy (non-hydrogen) atoms. The number of hydrogen-bond donors (Lipinski definition) is 0. The van der Waals surface area contributed by atoms with Gasteiger partial charge in [0.1, 0.15) is 12.4 Å². The van der Waals surface area contributed by atoms with Crippen LogP contribution in [0, 0.1) is 0 Å². The molecule has 1 heterocycles. The Morgan fingerprint density at radius 3 is 1.79 bits per heavy atom. The highest BCUT2D eigenvalue weighted by Crippen LogP contribution is 2.12. The summed E-state index contributed by atoms with van der Waals surface area (Å²) in [6.07, 6.45) is 25.3. The first-order valence-corrected chi connectivity index (χ1v) is 10.8. The van der Waals surface area contributed by atoms with E-state index < -0.39 is 0 Å². The molecule has 0 N–H and O–H groups in total. The van der Waals surface area contributed by atoms with E-state index in [9.17, 15) is 0 Å². The molecule has 140 valence electrons. The van der Waals surface area contributed by atoms with E-state index >= 15 is 0 Å². The predicted octanol–water partition coefficient (Wildman–Crippen LogP) is 6.36. The molecule has 0 aliphatic carbocycles. The van der Waals surface area contributed by atoms with Crippen LogP contribution in [-0.4, -0.2) is 4.57 Å². The minimum atomic E-state index is 1.20. The fraction of sp³-hybridized carbons (Fsp3) is 0.864. The quantitative estimate of drug-likeness (QED) is 0.246. The van der Waals surface area contributed by atoms with Gasteiger partial charge in [-0.2, -0.15) is 0 Å². The molecule has 1 aromatic rings. The fourth-order valence-electron chi connectivity index (χ4n) is 3.56. The Hall–Kier alpha value is -0.790. The summed E-state index contributed by atoms with van der Waals surface area (Å²) in [5.41, 5.74) is 0. The SMILES string of the molecule is CCCCCCCCCCCCc1n(CCCCCC)cc[n+]1C. The van der Waals surface area contributed by atoms with Gasteiger partial charge in [-0.1, -0.05) is 84.5 Å². The summed E-state index contributed by atoms with van der Waals surface area (Å²) in [4.78, 5) is 0. The molecule has 0 saturated carbocycles. The lowest BCUT2D eigenvalue weighted by Crippen LogP contribution is -2.32. The van der Waals surface area contributed by atoms with E-state index in [1.54, 1.807) is 0 Å². The van der Waals surface area contributed by atoms with Crippen molar-refractivity contribution in [3.8, 4) is 0 Å². The largest absolute Gasteiger partial charge is 0.256 e. The van der Waals surface area contributed by atoms with Gasteiger partial charge < -0.3 is 0 Å². The van der Waals surface area contributed by atoms with E-state index in [0.717, 1.165) is 0 Å². The molecular weight excluding hydrogens is 292 g/mol. The Morgan fingerprint density at radius 1 is 0.708 bits per heavy atom. The lowest BCUT2D eigenvalue weighted by molar-refractivity contribution is -0.678. The van der Waals surface area contributed by atoms with Crippen molar-refractivity contribution < 1.29 is 4.57 Å². The van der Waals surface area contributed by atoms with E-state index in [2.05, 4.69) is 42.4 Å². The smallest absolute Gasteiger partial charge is 0.237 e. The average Bonchev–Trinajstić information content (AvgIpc) is 2.93. The first-order valence-electron chi connectivity index (χ1n) is 10.8. The summed E-state index contributed by atoms with van der Waals surface area (Å²) in [6.45, 7) is 5.78. The Labute approximate surface area is 151 Å². The van der Waals surface area contributed by atoms with Crippen molar-refractivity contribution in [3.63, 3.8) is 0 Å². The molecule has 0 amide bonds. The summed E-state index contributed by atoms with van der Waals surface area (Å²) in [5, 5.41) is 0. The van der Waals surface area contributed by atoms with Gasteiger partial charge in [0.2, 0.25) is 0 Å². The van der Waals surface area contributed by atoms with Crippen molar-refractivity contribution in [1.82, 2.24) is 4.57 Å². The molecule has 0 bridgehead atoms. The molecule has 1 aromatic heterocycles. The van der Waals surface area contributed by atoms with Crippen LogP contribution in [0.1, 0.15) is 110 Å². The zero-order valence-corrected chi connectivity index (χ0v) is 16.9. The van der Waals surface area contributed by atoms with E-state index in [-0.39, 0.29) is 0 Å². The van der Waals surface area contributed by atoms with Crippen molar-refractivity contribution in [2.24, 2.45) is 7.05 Å². The molecule has 2 heteroatoms. The standard InChI is InChI=1S/C22H43N2/c1-4-6-8-10-11-12-13-14-15-16-18-22-23(3)20-21-24(22)19-17-9-7-5-2/h20-21H,4-19H2,1-3H3/q+1. The van der Waals surface area contributed by atoms with Gasteiger partial charge in [-0.25, -0.2) is 9.13 Å². The zero-order chi connectivity index (χ0) is 17.5. The van der Waals surface area contributed by atoms with Crippen LogP contribution in [0.25, 0.3) is 0 Å². The molecule has 0 unspecified atom stereocenters.